The molecular formula is C7H10NZn+. The van der Waals surface area contributed by atoms with Crippen molar-refractivity contribution in [3.8, 4) is 0 Å². The summed E-state index contributed by atoms with van der Waals surface area (Å²) in [6.45, 7) is 2.08. The Balaban J connectivity index is 0.000000640. The van der Waals surface area contributed by atoms with Gasteiger partial charge in [0.05, 0.1) is 0 Å². The second-order valence-electron chi connectivity index (χ2n) is 1.95. The van der Waals surface area contributed by atoms with Crippen LogP contribution >= 0.6 is 0 Å². The molecule has 0 aromatic carbocycles. The Morgan fingerprint density at radius 2 is 2.00 bits per heavy atom. The number of nitrogens with zero attached hydrogens (tertiary/aromatic N) is 1. The van der Waals surface area contributed by atoms with Crippen molar-refractivity contribution in [2.24, 2.45) is 7.05 Å². The third-order valence-electron chi connectivity index (χ3n) is 1.31. The maximum Gasteiger partial charge on any atom is 0.177 e. The van der Waals surface area contributed by atoms with Crippen molar-refractivity contribution in [3.05, 3.63) is 30.1 Å². The molecule has 0 unspecified atom stereocenters. The van der Waals surface area contributed by atoms with E-state index in [-0.39, 0.29) is 19.5 Å². The van der Waals surface area contributed by atoms with E-state index in [1.165, 1.54) is 5.69 Å². The van der Waals surface area contributed by atoms with Crippen molar-refractivity contribution in [2.45, 2.75) is 6.92 Å². The molecule has 0 amide bonds. The number of pyridine rings is 1. The fourth-order valence-corrected chi connectivity index (χ4v) is 0.609. The Morgan fingerprint density at radius 3 is 2.33 bits per heavy atom. The van der Waals surface area contributed by atoms with Crippen molar-refractivity contribution in [1.29, 1.82) is 0 Å². The van der Waals surface area contributed by atoms with Gasteiger partial charge in [-0.3, -0.25) is 0 Å². The topological polar surface area (TPSA) is 3.88 Å². The van der Waals surface area contributed by atoms with E-state index in [1.54, 1.807) is 0 Å². The first-order valence-electron chi connectivity index (χ1n) is 2.72. The molecule has 0 spiro atoms. The number of aromatic nitrogens is 1. The van der Waals surface area contributed by atoms with E-state index in [0.29, 0.717) is 0 Å². The summed E-state index contributed by atoms with van der Waals surface area (Å²) in [5.41, 5.74) is 1.28. The molecule has 1 nitrogen and oxygen atoms in total. The summed E-state index contributed by atoms with van der Waals surface area (Å²) in [5.74, 6) is 0. The van der Waals surface area contributed by atoms with Crippen molar-refractivity contribution in [3.63, 3.8) is 0 Å². The summed E-state index contributed by atoms with van der Waals surface area (Å²) in [4.78, 5) is 0. The van der Waals surface area contributed by atoms with Gasteiger partial charge in [0.25, 0.3) is 0 Å². The molecule has 0 aliphatic rings. The van der Waals surface area contributed by atoms with Crippen LogP contribution in [0.2, 0.25) is 0 Å². The van der Waals surface area contributed by atoms with Gasteiger partial charge in [-0.05, 0) is 0 Å². The average molecular weight is 174 g/mol. The normalized spacial score (nSPS) is 8.22. The SMILES string of the molecule is Cc1cccc[n+]1C.[Zn]. The Labute approximate surface area is 68.5 Å². The van der Waals surface area contributed by atoms with Crippen LogP contribution in [0.15, 0.2) is 24.4 Å². The molecular weight excluding hydrogens is 163 g/mol. The number of rotatable bonds is 0. The summed E-state index contributed by atoms with van der Waals surface area (Å²) in [6, 6.07) is 6.14. The van der Waals surface area contributed by atoms with Crippen LogP contribution in [0.3, 0.4) is 0 Å². The minimum atomic E-state index is 0. The van der Waals surface area contributed by atoms with Crippen molar-refractivity contribution < 1.29 is 24.0 Å². The maximum absolute atomic E-state index is 2.08. The first-order chi connectivity index (χ1) is 3.80. The molecule has 1 heterocycles. The Kier molecular flexibility index (Phi) is 3.64. The van der Waals surface area contributed by atoms with Gasteiger partial charge in [0.1, 0.15) is 7.05 Å². The molecule has 0 radical (unpaired) electrons. The van der Waals surface area contributed by atoms with Crippen LogP contribution in [0.4, 0.5) is 0 Å². The summed E-state index contributed by atoms with van der Waals surface area (Å²) in [5, 5.41) is 0. The third kappa shape index (κ3) is 2.23. The van der Waals surface area contributed by atoms with Crippen molar-refractivity contribution in [1.82, 2.24) is 0 Å². The minimum absolute atomic E-state index is 0. The molecule has 1 aromatic heterocycles. The fraction of sp³-hybridized carbons (Fsp3) is 0.286. The van der Waals surface area contributed by atoms with Crippen molar-refractivity contribution in [2.75, 3.05) is 0 Å². The molecule has 0 bridgehead atoms. The zero-order valence-corrected chi connectivity index (χ0v) is 8.93. The second kappa shape index (κ2) is 3.73. The fourth-order valence-electron chi connectivity index (χ4n) is 0.609. The molecule has 0 aliphatic carbocycles. The van der Waals surface area contributed by atoms with E-state index in [4.69, 9.17) is 0 Å². The predicted molar refractivity (Wildman–Crippen MR) is 32.4 cm³/mol. The summed E-state index contributed by atoms with van der Waals surface area (Å²) >= 11 is 0. The van der Waals surface area contributed by atoms with E-state index in [1.807, 2.05) is 25.4 Å². The van der Waals surface area contributed by atoms with Gasteiger partial charge in [0, 0.05) is 38.5 Å². The van der Waals surface area contributed by atoms with Crippen LogP contribution in [-0.4, -0.2) is 0 Å². The quantitative estimate of drug-likeness (QED) is 0.404. The van der Waals surface area contributed by atoms with Crippen LogP contribution in [-0.2, 0) is 26.5 Å². The smallest absolute Gasteiger partial charge is 0.177 e. The standard InChI is InChI=1S/C7H10N.Zn/c1-7-5-3-4-6-8(7)2;/h3-6H,1-2H3;/q+1;. The Morgan fingerprint density at radius 1 is 1.33 bits per heavy atom. The van der Waals surface area contributed by atoms with Gasteiger partial charge in [0.15, 0.2) is 11.9 Å². The zero-order valence-electron chi connectivity index (χ0n) is 5.96. The second-order valence-corrected chi connectivity index (χ2v) is 1.95. The number of hydrogen-bond donors (Lipinski definition) is 0. The summed E-state index contributed by atoms with van der Waals surface area (Å²) in [6.07, 6.45) is 2.04. The van der Waals surface area contributed by atoms with Gasteiger partial charge in [-0.25, -0.2) is 4.57 Å². The van der Waals surface area contributed by atoms with Gasteiger partial charge < -0.3 is 0 Å². The molecule has 2 heteroatoms. The number of hydrogen-bond acceptors (Lipinski definition) is 0. The van der Waals surface area contributed by atoms with Crippen LogP contribution in [0.5, 0.6) is 0 Å². The maximum atomic E-state index is 2.08. The molecule has 0 atom stereocenters. The predicted octanol–water partition coefficient (Wildman–Crippen LogP) is 0.817. The first kappa shape index (κ1) is 8.77. The van der Waals surface area contributed by atoms with E-state index < -0.39 is 0 Å². The monoisotopic (exact) mass is 172 g/mol. The minimum Gasteiger partial charge on any atom is -0.205 e. The van der Waals surface area contributed by atoms with Gasteiger partial charge in [-0.1, -0.05) is 6.07 Å². The Bertz CT molecular complexity index is 165. The molecule has 0 saturated carbocycles. The molecule has 1 aromatic rings. The van der Waals surface area contributed by atoms with Crippen LogP contribution in [0, 0.1) is 6.92 Å². The molecule has 1 rings (SSSR count). The van der Waals surface area contributed by atoms with Crippen LogP contribution < -0.4 is 4.57 Å². The summed E-state index contributed by atoms with van der Waals surface area (Å²) < 4.78 is 2.08. The van der Waals surface area contributed by atoms with Crippen molar-refractivity contribution >= 4 is 0 Å². The van der Waals surface area contributed by atoms with Crippen LogP contribution in [0.1, 0.15) is 5.69 Å². The van der Waals surface area contributed by atoms with Gasteiger partial charge in [0.2, 0.25) is 0 Å². The van der Waals surface area contributed by atoms with E-state index in [2.05, 4.69) is 17.6 Å². The third-order valence-corrected chi connectivity index (χ3v) is 1.31. The first-order valence-corrected chi connectivity index (χ1v) is 2.72. The molecule has 44 valence electrons. The van der Waals surface area contributed by atoms with Gasteiger partial charge in [-0.15, -0.1) is 0 Å². The molecule has 0 N–H and O–H groups in total. The largest absolute Gasteiger partial charge is 0.205 e. The Hall–Kier alpha value is -0.227. The number of aryl methyl sites for hydroxylation is 2. The van der Waals surface area contributed by atoms with Crippen LogP contribution in [0.25, 0.3) is 0 Å². The molecule has 0 fully saturated rings. The molecule has 0 saturated heterocycles. The summed E-state index contributed by atoms with van der Waals surface area (Å²) in [7, 11) is 2.04. The zero-order chi connectivity index (χ0) is 5.98. The van der Waals surface area contributed by atoms with Gasteiger partial charge >= 0.3 is 0 Å². The molecule has 9 heavy (non-hydrogen) atoms. The van der Waals surface area contributed by atoms with E-state index in [9.17, 15) is 0 Å². The molecule has 0 aliphatic heterocycles. The average Bonchev–Trinajstić information content (AvgIpc) is 1.77. The van der Waals surface area contributed by atoms with E-state index in [0.717, 1.165) is 0 Å². The van der Waals surface area contributed by atoms with Gasteiger partial charge in [-0.2, -0.15) is 0 Å². The van der Waals surface area contributed by atoms with E-state index >= 15 is 0 Å².